The summed E-state index contributed by atoms with van der Waals surface area (Å²) in [5, 5.41) is 9.27. The monoisotopic (exact) mass is 310 g/mol. The van der Waals surface area contributed by atoms with Crippen molar-refractivity contribution in [2.45, 2.75) is 64.6 Å². The van der Waals surface area contributed by atoms with Crippen LogP contribution in [0.5, 0.6) is 0 Å². The Labute approximate surface area is 131 Å². The molecule has 0 aromatic carbocycles. The van der Waals surface area contributed by atoms with Crippen molar-refractivity contribution in [3.05, 3.63) is 11.3 Å². The molecule has 1 heterocycles. The SMILES string of the molecule is CC1(C)OB(C(F)=C2CCC(C(=O)O)C3CCC23)OC1(C)C. The first kappa shape index (κ1) is 16.0. The van der Waals surface area contributed by atoms with Gasteiger partial charge in [0, 0.05) is 0 Å². The molecule has 3 atom stereocenters. The molecule has 0 aromatic rings. The zero-order valence-corrected chi connectivity index (χ0v) is 13.7. The molecule has 0 bridgehead atoms. The van der Waals surface area contributed by atoms with E-state index in [2.05, 4.69) is 0 Å². The molecule has 122 valence electrons. The van der Waals surface area contributed by atoms with E-state index in [4.69, 9.17) is 9.31 Å². The van der Waals surface area contributed by atoms with E-state index >= 15 is 0 Å². The highest BCUT2D eigenvalue weighted by Gasteiger charge is 2.55. The summed E-state index contributed by atoms with van der Waals surface area (Å²) in [5.74, 6) is -0.943. The normalized spacial score (nSPS) is 38.2. The summed E-state index contributed by atoms with van der Waals surface area (Å²) in [6, 6.07) is 0. The minimum Gasteiger partial charge on any atom is -0.481 e. The van der Waals surface area contributed by atoms with Crippen molar-refractivity contribution >= 4 is 13.1 Å². The number of fused-ring (bicyclic) bond motifs is 1. The van der Waals surface area contributed by atoms with E-state index in [-0.39, 0.29) is 23.5 Å². The Balaban J connectivity index is 1.82. The maximum absolute atomic E-state index is 14.9. The van der Waals surface area contributed by atoms with Crippen LogP contribution in [-0.2, 0) is 14.1 Å². The Morgan fingerprint density at radius 1 is 1.18 bits per heavy atom. The molecule has 6 heteroatoms. The van der Waals surface area contributed by atoms with Gasteiger partial charge in [-0.2, -0.15) is 0 Å². The Hall–Kier alpha value is -0.875. The largest absolute Gasteiger partial charge is 0.525 e. The molecular formula is C16H24BFO4. The van der Waals surface area contributed by atoms with Crippen LogP contribution in [-0.4, -0.2) is 29.4 Å². The molecule has 2 aliphatic carbocycles. The average molecular weight is 310 g/mol. The lowest BCUT2D eigenvalue weighted by Gasteiger charge is -2.46. The van der Waals surface area contributed by atoms with Crippen LogP contribution >= 0.6 is 0 Å². The summed E-state index contributed by atoms with van der Waals surface area (Å²) < 4.78 is 26.5. The lowest BCUT2D eigenvalue weighted by Crippen LogP contribution is -2.42. The fourth-order valence-corrected chi connectivity index (χ4v) is 3.85. The number of carbonyl (C=O) groups is 1. The zero-order chi connectivity index (χ0) is 16.3. The lowest BCUT2D eigenvalue weighted by atomic mass is 9.57. The zero-order valence-electron chi connectivity index (χ0n) is 13.7. The number of hydrogen-bond donors (Lipinski definition) is 1. The highest BCUT2D eigenvalue weighted by Crippen LogP contribution is 2.53. The fourth-order valence-electron chi connectivity index (χ4n) is 3.85. The summed E-state index contributed by atoms with van der Waals surface area (Å²) in [6.07, 6.45) is 2.76. The van der Waals surface area contributed by atoms with E-state index in [0.29, 0.717) is 12.8 Å². The van der Waals surface area contributed by atoms with Gasteiger partial charge in [0.1, 0.15) is 5.73 Å². The van der Waals surface area contributed by atoms with E-state index in [1.165, 1.54) is 0 Å². The molecule has 3 unspecified atom stereocenters. The van der Waals surface area contributed by atoms with Gasteiger partial charge in [-0.15, -0.1) is 0 Å². The lowest BCUT2D eigenvalue weighted by molar-refractivity contribution is -0.147. The van der Waals surface area contributed by atoms with Crippen molar-refractivity contribution in [1.82, 2.24) is 0 Å². The van der Waals surface area contributed by atoms with Gasteiger partial charge >= 0.3 is 13.1 Å². The second-order valence-corrected chi connectivity index (χ2v) is 7.79. The van der Waals surface area contributed by atoms with Crippen LogP contribution < -0.4 is 0 Å². The highest BCUT2D eigenvalue weighted by molar-refractivity contribution is 6.53. The van der Waals surface area contributed by atoms with Crippen LogP contribution in [0, 0.1) is 17.8 Å². The van der Waals surface area contributed by atoms with Crippen molar-refractivity contribution in [2.24, 2.45) is 17.8 Å². The molecule has 0 radical (unpaired) electrons. The van der Waals surface area contributed by atoms with Crippen LogP contribution in [0.4, 0.5) is 4.39 Å². The summed E-state index contributed by atoms with van der Waals surface area (Å²) in [5.41, 5.74) is -0.718. The number of allylic oxidation sites excluding steroid dienone is 1. The van der Waals surface area contributed by atoms with Gasteiger partial charge in [0.15, 0.2) is 0 Å². The standard InChI is InChI=1S/C16H24BFO4/c1-15(2)16(3,4)22-17(21-15)13(18)11-7-8-12(14(19)20)10-6-5-9(10)11/h9-10,12H,5-8H2,1-4H3,(H,19,20). The molecule has 3 rings (SSSR count). The second kappa shape index (κ2) is 5.06. The topological polar surface area (TPSA) is 55.8 Å². The molecular weight excluding hydrogens is 286 g/mol. The minimum atomic E-state index is -0.956. The first-order valence-electron chi connectivity index (χ1n) is 8.11. The number of aliphatic carboxylic acids is 1. The molecule has 3 fully saturated rings. The maximum Gasteiger partial charge on any atom is 0.525 e. The number of carboxylic acid groups (broad SMARTS) is 1. The van der Waals surface area contributed by atoms with Crippen LogP contribution in [0.2, 0.25) is 0 Å². The molecule has 3 aliphatic rings. The number of halogens is 1. The van der Waals surface area contributed by atoms with Crippen molar-refractivity contribution in [3.63, 3.8) is 0 Å². The quantitative estimate of drug-likeness (QED) is 0.795. The van der Waals surface area contributed by atoms with Crippen LogP contribution in [0.15, 0.2) is 11.3 Å². The van der Waals surface area contributed by atoms with Crippen molar-refractivity contribution in [3.8, 4) is 0 Å². The summed E-state index contributed by atoms with van der Waals surface area (Å²) in [6.45, 7) is 7.60. The molecule has 2 saturated carbocycles. The smallest absolute Gasteiger partial charge is 0.481 e. The minimum absolute atomic E-state index is 0.0499. The van der Waals surface area contributed by atoms with Crippen LogP contribution in [0.25, 0.3) is 0 Å². The van der Waals surface area contributed by atoms with Gasteiger partial charge in [-0.1, -0.05) is 0 Å². The van der Waals surface area contributed by atoms with Gasteiger partial charge < -0.3 is 14.4 Å². The molecule has 22 heavy (non-hydrogen) atoms. The first-order chi connectivity index (χ1) is 10.1. The van der Waals surface area contributed by atoms with E-state index in [1.807, 2.05) is 27.7 Å². The number of rotatable bonds is 2. The third kappa shape index (κ3) is 2.31. The molecule has 4 nitrogen and oxygen atoms in total. The molecule has 1 saturated heterocycles. The van der Waals surface area contributed by atoms with Gasteiger partial charge in [-0.25, -0.2) is 4.39 Å². The third-order valence-electron chi connectivity index (χ3n) is 6.10. The van der Waals surface area contributed by atoms with Gasteiger partial charge in [0.25, 0.3) is 0 Å². The van der Waals surface area contributed by atoms with Gasteiger partial charge in [0.05, 0.1) is 17.1 Å². The summed E-state index contributed by atoms with van der Waals surface area (Å²) in [7, 11) is -0.956. The Morgan fingerprint density at radius 2 is 1.77 bits per heavy atom. The van der Waals surface area contributed by atoms with Crippen molar-refractivity contribution < 1.29 is 23.6 Å². The molecule has 0 amide bonds. The molecule has 1 N–H and O–H groups in total. The van der Waals surface area contributed by atoms with E-state index in [0.717, 1.165) is 18.4 Å². The van der Waals surface area contributed by atoms with Crippen molar-refractivity contribution in [1.29, 1.82) is 0 Å². The second-order valence-electron chi connectivity index (χ2n) is 7.79. The van der Waals surface area contributed by atoms with E-state index in [9.17, 15) is 14.3 Å². The number of carboxylic acids is 1. The van der Waals surface area contributed by atoms with E-state index < -0.39 is 24.3 Å². The van der Waals surface area contributed by atoms with Crippen molar-refractivity contribution in [2.75, 3.05) is 0 Å². The number of hydrogen-bond acceptors (Lipinski definition) is 3. The van der Waals surface area contributed by atoms with Crippen LogP contribution in [0.3, 0.4) is 0 Å². The Morgan fingerprint density at radius 3 is 2.23 bits per heavy atom. The third-order valence-corrected chi connectivity index (χ3v) is 6.10. The highest BCUT2D eigenvalue weighted by atomic mass is 19.1. The summed E-state index contributed by atoms with van der Waals surface area (Å²) >= 11 is 0. The Bertz CT molecular complexity index is 512. The average Bonchev–Trinajstić information content (AvgIpc) is 2.58. The van der Waals surface area contributed by atoms with Gasteiger partial charge in [0.2, 0.25) is 0 Å². The maximum atomic E-state index is 14.9. The Kier molecular flexibility index (Phi) is 3.68. The first-order valence-corrected chi connectivity index (χ1v) is 8.11. The fraction of sp³-hybridized carbons (Fsp3) is 0.812. The predicted octanol–water partition coefficient (Wildman–Crippen LogP) is 3.36. The molecule has 0 aromatic heterocycles. The van der Waals surface area contributed by atoms with E-state index in [1.54, 1.807) is 0 Å². The predicted molar refractivity (Wildman–Crippen MR) is 80.8 cm³/mol. The van der Waals surface area contributed by atoms with Gasteiger partial charge in [-0.05, 0) is 70.8 Å². The molecule has 1 aliphatic heterocycles. The summed E-state index contributed by atoms with van der Waals surface area (Å²) in [4.78, 5) is 11.3. The molecule has 0 spiro atoms. The van der Waals surface area contributed by atoms with Gasteiger partial charge in [-0.3, -0.25) is 4.79 Å². The van der Waals surface area contributed by atoms with Crippen LogP contribution in [0.1, 0.15) is 53.4 Å².